The van der Waals surface area contributed by atoms with Crippen LogP contribution in [-0.2, 0) is 4.74 Å². The molecule has 16 heavy (non-hydrogen) atoms. The number of hydrogen-bond acceptors (Lipinski definition) is 2. The highest BCUT2D eigenvalue weighted by molar-refractivity contribution is 4.85. The molecule has 0 spiro atoms. The molecule has 0 aliphatic heterocycles. The van der Waals surface area contributed by atoms with Gasteiger partial charge in [-0.05, 0) is 56.5 Å². The molecule has 0 aromatic rings. The minimum atomic E-state index is 0.518. The molecule has 1 aliphatic carbocycles. The van der Waals surface area contributed by atoms with Gasteiger partial charge in [0.2, 0.25) is 0 Å². The average Bonchev–Trinajstić information content (AvgIpc) is 2.22. The molecular formula is C14H29NO. The van der Waals surface area contributed by atoms with Crippen molar-refractivity contribution in [3.63, 3.8) is 0 Å². The summed E-state index contributed by atoms with van der Waals surface area (Å²) >= 11 is 0. The van der Waals surface area contributed by atoms with Crippen molar-refractivity contribution in [2.24, 2.45) is 17.3 Å². The van der Waals surface area contributed by atoms with E-state index in [0.717, 1.165) is 38.0 Å². The summed E-state index contributed by atoms with van der Waals surface area (Å²) in [7, 11) is 2.06. The van der Waals surface area contributed by atoms with E-state index in [1.807, 2.05) is 0 Å². The van der Waals surface area contributed by atoms with Gasteiger partial charge in [-0.15, -0.1) is 0 Å². The van der Waals surface area contributed by atoms with Crippen molar-refractivity contribution < 1.29 is 4.74 Å². The van der Waals surface area contributed by atoms with Crippen LogP contribution >= 0.6 is 0 Å². The molecule has 1 saturated carbocycles. The van der Waals surface area contributed by atoms with Gasteiger partial charge in [-0.25, -0.2) is 0 Å². The second kappa shape index (κ2) is 6.61. The summed E-state index contributed by atoms with van der Waals surface area (Å²) in [5, 5.41) is 3.33. The number of nitrogens with one attached hydrogen (secondary N) is 1. The zero-order valence-electron chi connectivity index (χ0n) is 11.5. The zero-order valence-corrected chi connectivity index (χ0v) is 11.5. The van der Waals surface area contributed by atoms with Crippen molar-refractivity contribution in [3.05, 3.63) is 0 Å². The van der Waals surface area contributed by atoms with E-state index in [2.05, 4.69) is 33.1 Å². The summed E-state index contributed by atoms with van der Waals surface area (Å²) in [5.41, 5.74) is 0.518. The first kappa shape index (κ1) is 14.0. The van der Waals surface area contributed by atoms with Crippen LogP contribution in [0.4, 0.5) is 0 Å². The third-order valence-corrected chi connectivity index (χ3v) is 3.82. The van der Waals surface area contributed by atoms with Gasteiger partial charge in [-0.3, -0.25) is 0 Å². The number of rotatable bonds is 6. The van der Waals surface area contributed by atoms with Crippen LogP contribution in [0, 0.1) is 17.3 Å². The first-order valence-corrected chi connectivity index (χ1v) is 6.81. The van der Waals surface area contributed by atoms with Gasteiger partial charge in [-0.2, -0.15) is 0 Å². The lowest BCUT2D eigenvalue weighted by molar-refractivity contribution is 0.0256. The zero-order chi connectivity index (χ0) is 12.0. The van der Waals surface area contributed by atoms with Crippen molar-refractivity contribution in [3.8, 4) is 0 Å². The molecule has 0 bridgehead atoms. The minimum absolute atomic E-state index is 0.518. The molecular weight excluding hydrogens is 198 g/mol. The summed E-state index contributed by atoms with van der Waals surface area (Å²) in [4.78, 5) is 0. The van der Waals surface area contributed by atoms with E-state index in [1.165, 1.54) is 19.3 Å². The van der Waals surface area contributed by atoms with Crippen molar-refractivity contribution >= 4 is 0 Å². The fourth-order valence-corrected chi connectivity index (χ4v) is 2.90. The quantitative estimate of drug-likeness (QED) is 0.704. The van der Waals surface area contributed by atoms with E-state index in [4.69, 9.17) is 4.74 Å². The van der Waals surface area contributed by atoms with Crippen LogP contribution in [0.5, 0.6) is 0 Å². The van der Waals surface area contributed by atoms with Gasteiger partial charge >= 0.3 is 0 Å². The second-order valence-corrected chi connectivity index (χ2v) is 6.06. The highest BCUT2D eigenvalue weighted by atomic mass is 16.5. The van der Waals surface area contributed by atoms with Crippen molar-refractivity contribution in [1.82, 2.24) is 5.32 Å². The lowest BCUT2D eigenvalue weighted by atomic mass is 9.67. The Labute approximate surface area is 101 Å². The van der Waals surface area contributed by atoms with Crippen molar-refractivity contribution in [2.75, 3.05) is 26.8 Å². The summed E-state index contributed by atoms with van der Waals surface area (Å²) < 4.78 is 5.76. The highest BCUT2D eigenvalue weighted by Gasteiger charge is 2.34. The second-order valence-electron chi connectivity index (χ2n) is 6.06. The van der Waals surface area contributed by atoms with Crippen LogP contribution in [0.15, 0.2) is 0 Å². The van der Waals surface area contributed by atoms with E-state index in [0.29, 0.717) is 5.41 Å². The Balaban J connectivity index is 2.43. The molecule has 0 amide bonds. The Kier molecular flexibility index (Phi) is 5.77. The molecule has 2 nitrogen and oxygen atoms in total. The van der Waals surface area contributed by atoms with Crippen LogP contribution in [0.1, 0.15) is 46.5 Å². The van der Waals surface area contributed by atoms with Gasteiger partial charge in [0, 0.05) is 13.2 Å². The van der Waals surface area contributed by atoms with Crippen LogP contribution in [0.2, 0.25) is 0 Å². The predicted octanol–water partition coefficient (Wildman–Crippen LogP) is 3.07. The van der Waals surface area contributed by atoms with Gasteiger partial charge in [0.1, 0.15) is 0 Å². The molecule has 96 valence electrons. The Morgan fingerprint density at radius 1 is 1.31 bits per heavy atom. The van der Waals surface area contributed by atoms with E-state index in [-0.39, 0.29) is 0 Å². The molecule has 2 atom stereocenters. The van der Waals surface area contributed by atoms with E-state index < -0.39 is 0 Å². The maximum absolute atomic E-state index is 5.76. The lowest BCUT2D eigenvalue weighted by Gasteiger charge is -2.40. The predicted molar refractivity (Wildman–Crippen MR) is 69.6 cm³/mol. The molecule has 1 aliphatic rings. The minimum Gasteiger partial charge on any atom is -0.381 e. The van der Waals surface area contributed by atoms with Gasteiger partial charge in [0.15, 0.2) is 0 Å². The third-order valence-electron chi connectivity index (χ3n) is 3.82. The standard InChI is InChI=1S/C14H29NO/c1-5-8-16-11-13-9-14(2,3)7-6-12(13)10-15-4/h12-13,15H,5-11H2,1-4H3. The van der Waals surface area contributed by atoms with E-state index in [1.54, 1.807) is 0 Å². The molecule has 0 aromatic carbocycles. The molecule has 1 N–H and O–H groups in total. The maximum atomic E-state index is 5.76. The normalized spacial score (nSPS) is 29.2. The van der Waals surface area contributed by atoms with Crippen LogP contribution in [0.3, 0.4) is 0 Å². The Morgan fingerprint density at radius 2 is 2.06 bits per heavy atom. The molecule has 0 radical (unpaired) electrons. The molecule has 1 fully saturated rings. The molecule has 2 unspecified atom stereocenters. The van der Waals surface area contributed by atoms with Gasteiger partial charge in [0.25, 0.3) is 0 Å². The topological polar surface area (TPSA) is 21.3 Å². The third kappa shape index (κ3) is 4.42. The van der Waals surface area contributed by atoms with E-state index in [9.17, 15) is 0 Å². The highest BCUT2D eigenvalue weighted by Crippen LogP contribution is 2.41. The van der Waals surface area contributed by atoms with Gasteiger partial charge in [0.05, 0.1) is 0 Å². The van der Waals surface area contributed by atoms with E-state index >= 15 is 0 Å². The Morgan fingerprint density at radius 3 is 2.69 bits per heavy atom. The SMILES string of the molecule is CCCOCC1CC(C)(C)CCC1CNC. The Bertz CT molecular complexity index is 191. The summed E-state index contributed by atoms with van der Waals surface area (Å²) in [6.45, 7) is 10.0. The number of ether oxygens (including phenoxy) is 1. The molecule has 0 heterocycles. The largest absolute Gasteiger partial charge is 0.381 e. The maximum Gasteiger partial charge on any atom is 0.0497 e. The van der Waals surface area contributed by atoms with Crippen LogP contribution in [0.25, 0.3) is 0 Å². The first-order valence-electron chi connectivity index (χ1n) is 6.81. The summed E-state index contributed by atoms with van der Waals surface area (Å²) in [6, 6.07) is 0. The van der Waals surface area contributed by atoms with Gasteiger partial charge < -0.3 is 10.1 Å². The van der Waals surface area contributed by atoms with Crippen LogP contribution < -0.4 is 5.32 Å². The fourth-order valence-electron chi connectivity index (χ4n) is 2.90. The van der Waals surface area contributed by atoms with Crippen LogP contribution in [-0.4, -0.2) is 26.8 Å². The molecule has 0 saturated heterocycles. The molecule has 2 heteroatoms. The number of hydrogen-bond donors (Lipinski definition) is 1. The monoisotopic (exact) mass is 227 g/mol. The first-order chi connectivity index (χ1) is 7.59. The molecule has 1 rings (SSSR count). The summed E-state index contributed by atoms with van der Waals surface area (Å²) in [5.74, 6) is 1.57. The summed E-state index contributed by atoms with van der Waals surface area (Å²) in [6.07, 6.45) is 5.17. The molecule has 0 aromatic heterocycles. The lowest BCUT2D eigenvalue weighted by Crippen LogP contribution is -2.37. The average molecular weight is 227 g/mol. The van der Waals surface area contributed by atoms with Gasteiger partial charge in [-0.1, -0.05) is 20.8 Å². The van der Waals surface area contributed by atoms with Crippen molar-refractivity contribution in [2.45, 2.75) is 46.5 Å². The van der Waals surface area contributed by atoms with Crippen molar-refractivity contribution in [1.29, 1.82) is 0 Å². The smallest absolute Gasteiger partial charge is 0.0497 e. The Hall–Kier alpha value is -0.0800. The fraction of sp³-hybridized carbons (Fsp3) is 1.00.